The highest BCUT2D eigenvalue weighted by Gasteiger charge is 2.24. The Morgan fingerprint density at radius 2 is 1.81 bits per heavy atom. The second-order valence-corrected chi connectivity index (χ2v) is 5.89. The molecule has 3 heteroatoms. The number of benzene rings is 2. The Kier molecular flexibility index (Phi) is 3.42. The molecule has 0 spiro atoms. The van der Waals surface area contributed by atoms with Crippen LogP contribution in [0.2, 0.25) is 0 Å². The van der Waals surface area contributed by atoms with Gasteiger partial charge in [-0.3, -0.25) is 4.79 Å². The number of rotatable bonds is 2. The van der Waals surface area contributed by atoms with Gasteiger partial charge in [0.2, 0.25) is 0 Å². The average Bonchev–Trinajstić information content (AvgIpc) is 2.41. The molecule has 3 nitrogen and oxygen atoms in total. The summed E-state index contributed by atoms with van der Waals surface area (Å²) in [6.07, 6.45) is 0.895. The van der Waals surface area contributed by atoms with E-state index in [0.29, 0.717) is 12.2 Å². The number of amides is 1. The molecular weight excluding hydrogens is 260 g/mol. The van der Waals surface area contributed by atoms with Crippen molar-refractivity contribution in [1.82, 2.24) is 4.90 Å². The number of aryl methyl sites for hydroxylation is 2. The number of fused-ring (bicyclic) bond motifs is 1. The Bertz CT molecular complexity index is 686. The van der Waals surface area contributed by atoms with Crippen LogP contribution in [0.4, 0.5) is 5.69 Å². The van der Waals surface area contributed by atoms with Gasteiger partial charge in [-0.25, -0.2) is 0 Å². The van der Waals surface area contributed by atoms with Crippen LogP contribution in [0.3, 0.4) is 0 Å². The lowest BCUT2D eigenvalue weighted by atomic mass is 9.97. The van der Waals surface area contributed by atoms with Gasteiger partial charge in [0.05, 0.1) is 0 Å². The maximum Gasteiger partial charge on any atom is 0.254 e. The fraction of sp³-hybridized carbons (Fsp3) is 0.278. The topological polar surface area (TPSA) is 46.3 Å². The number of nitrogen functional groups attached to an aromatic ring is 1. The molecule has 0 fully saturated rings. The third-order valence-electron chi connectivity index (χ3n) is 3.96. The van der Waals surface area contributed by atoms with Gasteiger partial charge in [-0.1, -0.05) is 35.4 Å². The summed E-state index contributed by atoms with van der Waals surface area (Å²) in [6, 6.07) is 12.1. The average molecular weight is 280 g/mol. The molecule has 0 unspecified atom stereocenters. The van der Waals surface area contributed by atoms with Crippen molar-refractivity contribution >= 4 is 11.6 Å². The lowest BCUT2D eigenvalue weighted by molar-refractivity contribution is 0.0727. The molecule has 0 aliphatic carbocycles. The molecule has 1 aliphatic rings. The Balaban J connectivity index is 1.86. The van der Waals surface area contributed by atoms with E-state index in [9.17, 15) is 4.79 Å². The summed E-state index contributed by atoms with van der Waals surface area (Å²) in [5.74, 6) is 0.0858. The molecule has 0 radical (unpaired) electrons. The van der Waals surface area contributed by atoms with Gasteiger partial charge >= 0.3 is 0 Å². The van der Waals surface area contributed by atoms with Crippen LogP contribution in [0, 0.1) is 13.8 Å². The Morgan fingerprint density at radius 3 is 2.52 bits per heavy atom. The number of carbonyl (C=O) groups excluding carboxylic acids is 1. The summed E-state index contributed by atoms with van der Waals surface area (Å²) in [7, 11) is 0. The van der Waals surface area contributed by atoms with Gasteiger partial charge in [-0.05, 0) is 43.5 Å². The summed E-state index contributed by atoms with van der Waals surface area (Å²) in [5.41, 5.74) is 12.0. The molecule has 108 valence electrons. The second-order valence-electron chi connectivity index (χ2n) is 5.89. The Hall–Kier alpha value is -2.29. The molecule has 0 aromatic heterocycles. The molecule has 0 saturated carbocycles. The molecule has 0 atom stereocenters. The van der Waals surface area contributed by atoms with Crippen LogP contribution >= 0.6 is 0 Å². The highest BCUT2D eigenvalue weighted by atomic mass is 16.2. The van der Waals surface area contributed by atoms with Gasteiger partial charge in [0, 0.05) is 24.3 Å². The quantitative estimate of drug-likeness (QED) is 0.859. The zero-order chi connectivity index (χ0) is 15.0. The van der Waals surface area contributed by atoms with Gasteiger partial charge in [-0.15, -0.1) is 0 Å². The smallest absolute Gasteiger partial charge is 0.254 e. The summed E-state index contributed by atoms with van der Waals surface area (Å²) in [5, 5.41) is 0. The number of hydrogen-bond donors (Lipinski definition) is 1. The number of nitrogens with two attached hydrogens (primary N) is 1. The van der Waals surface area contributed by atoms with Crippen LogP contribution in [-0.4, -0.2) is 17.4 Å². The van der Waals surface area contributed by atoms with Crippen molar-refractivity contribution in [2.24, 2.45) is 0 Å². The van der Waals surface area contributed by atoms with Crippen LogP contribution < -0.4 is 5.73 Å². The zero-order valence-corrected chi connectivity index (χ0v) is 12.5. The van der Waals surface area contributed by atoms with Crippen molar-refractivity contribution in [3.05, 3.63) is 64.2 Å². The second kappa shape index (κ2) is 5.24. The van der Waals surface area contributed by atoms with Crippen LogP contribution in [0.25, 0.3) is 0 Å². The molecule has 1 amide bonds. The van der Waals surface area contributed by atoms with E-state index in [1.807, 2.05) is 17.0 Å². The number of nitrogens with zero attached hydrogens (tertiary/aromatic N) is 1. The molecule has 0 bridgehead atoms. The van der Waals surface area contributed by atoms with E-state index >= 15 is 0 Å². The van der Waals surface area contributed by atoms with Crippen molar-refractivity contribution < 1.29 is 4.79 Å². The normalized spacial score (nSPS) is 14.2. The summed E-state index contributed by atoms with van der Waals surface area (Å²) in [4.78, 5) is 14.5. The lowest BCUT2D eigenvalue weighted by Gasteiger charge is -2.29. The number of carbonyl (C=O) groups is 1. The number of hydrogen-bond acceptors (Lipinski definition) is 2. The molecule has 2 N–H and O–H groups in total. The van der Waals surface area contributed by atoms with E-state index in [1.165, 1.54) is 16.7 Å². The fourth-order valence-electron chi connectivity index (χ4n) is 3.07. The highest BCUT2D eigenvalue weighted by Crippen LogP contribution is 2.23. The summed E-state index contributed by atoms with van der Waals surface area (Å²) >= 11 is 0. The molecule has 21 heavy (non-hydrogen) atoms. The summed E-state index contributed by atoms with van der Waals surface area (Å²) in [6.45, 7) is 5.60. The molecule has 1 aliphatic heterocycles. The van der Waals surface area contributed by atoms with E-state index in [0.717, 1.165) is 24.1 Å². The minimum Gasteiger partial charge on any atom is -0.399 e. The Labute approximate surface area is 125 Å². The van der Waals surface area contributed by atoms with Crippen LogP contribution in [0.5, 0.6) is 0 Å². The van der Waals surface area contributed by atoms with E-state index < -0.39 is 0 Å². The van der Waals surface area contributed by atoms with Gasteiger partial charge in [0.25, 0.3) is 5.91 Å². The first-order valence-electron chi connectivity index (χ1n) is 7.28. The first-order valence-corrected chi connectivity index (χ1v) is 7.28. The monoisotopic (exact) mass is 280 g/mol. The van der Waals surface area contributed by atoms with Crippen molar-refractivity contribution in [3.63, 3.8) is 0 Å². The molecule has 2 aromatic rings. The molecule has 2 aromatic carbocycles. The van der Waals surface area contributed by atoms with Crippen LogP contribution in [0.1, 0.15) is 32.6 Å². The predicted octanol–water partition coefficient (Wildman–Crippen LogP) is 3.08. The number of anilines is 1. The van der Waals surface area contributed by atoms with E-state index in [1.54, 1.807) is 6.07 Å². The first kappa shape index (κ1) is 13.7. The lowest BCUT2D eigenvalue weighted by Crippen LogP contribution is -2.37. The Morgan fingerprint density at radius 1 is 1.10 bits per heavy atom. The first-order chi connectivity index (χ1) is 10.0. The maximum atomic E-state index is 12.6. The zero-order valence-electron chi connectivity index (χ0n) is 12.5. The van der Waals surface area contributed by atoms with E-state index in [4.69, 9.17) is 5.73 Å². The molecular formula is C18H20N2O. The molecule has 3 rings (SSSR count). The van der Waals surface area contributed by atoms with E-state index in [-0.39, 0.29) is 5.91 Å². The third-order valence-corrected chi connectivity index (χ3v) is 3.96. The van der Waals surface area contributed by atoms with Crippen molar-refractivity contribution in [2.45, 2.75) is 26.8 Å². The van der Waals surface area contributed by atoms with Crippen LogP contribution in [0.15, 0.2) is 36.4 Å². The van der Waals surface area contributed by atoms with Crippen LogP contribution in [-0.2, 0) is 13.0 Å². The largest absolute Gasteiger partial charge is 0.399 e. The van der Waals surface area contributed by atoms with E-state index in [2.05, 4.69) is 32.0 Å². The van der Waals surface area contributed by atoms with Crippen molar-refractivity contribution in [3.8, 4) is 0 Å². The van der Waals surface area contributed by atoms with Gasteiger partial charge in [0.15, 0.2) is 0 Å². The minimum atomic E-state index is 0.0858. The van der Waals surface area contributed by atoms with Gasteiger partial charge < -0.3 is 10.6 Å². The third kappa shape index (κ3) is 2.77. The molecule has 0 saturated heterocycles. The summed E-state index contributed by atoms with van der Waals surface area (Å²) < 4.78 is 0. The SMILES string of the molecule is Cc1cc(C)cc(CN2CCc3ccc(N)cc3C2=O)c1. The predicted molar refractivity (Wildman–Crippen MR) is 85.2 cm³/mol. The molecule has 1 heterocycles. The van der Waals surface area contributed by atoms with Gasteiger partial charge in [-0.2, -0.15) is 0 Å². The fourth-order valence-corrected chi connectivity index (χ4v) is 3.07. The maximum absolute atomic E-state index is 12.6. The van der Waals surface area contributed by atoms with Gasteiger partial charge in [0.1, 0.15) is 0 Å². The minimum absolute atomic E-state index is 0.0858. The van der Waals surface area contributed by atoms with Crippen molar-refractivity contribution in [1.29, 1.82) is 0 Å². The standard InChI is InChI=1S/C18H20N2O/c1-12-7-13(2)9-14(8-12)11-20-6-5-15-3-4-16(19)10-17(15)18(20)21/h3-4,7-10H,5-6,11,19H2,1-2H3. The van der Waals surface area contributed by atoms with Crippen molar-refractivity contribution in [2.75, 3.05) is 12.3 Å². The highest BCUT2D eigenvalue weighted by molar-refractivity contribution is 5.97.